The molecule has 8 nitrogen and oxygen atoms in total. The molecule has 0 aliphatic heterocycles. The first-order chi connectivity index (χ1) is 15.3. The molecule has 4 aromatic rings. The van der Waals surface area contributed by atoms with Gasteiger partial charge in [-0.2, -0.15) is 0 Å². The minimum Gasteiger partial charge on any atom is -0.350 e. The van der Waals surface area contributed by atoms with Crippen LogP contribution in [0.3, 0.4) is 0 Å². The summed E-state index contributed by atoms with van der Waals surface area (Å²) in [5, 5.41) is 2.52. The van der Waals surface area contributed by atoms with Gasteiger partial charge in [0.25, 0.3) is 5.91 Å². The Balaban J connectivity index is 1.31. The minimum atomic E-state index is -3.76. The first-order valence-electron chi connectivity index (χ1n) is 9.97. The summed E-state index contributed by atoms with van der Waals surface area (Å²) in [6.45, 7) is -0.106. The summed E-state index contributed by atoms with van der Waals surface area (Å²) >= 11 is 0. The Morgan fingerprint density at radius 2 is 1.62 bits per heavy atom. The molecule has 2 amide bonds. The van der Waals surface area contributed by atoms with Gasteiger partial charge in [0, 0.05) is 37.1 Å². The highest BCUT2D eigenvalue weighted by Crippen LogP contribution is 2.20. The number of fused-ring (bicyclic) bond motifs is 2. The summed E-state index contributed by atoms with van der Waals surface area (Å²) in [7, 11) is -1.93. The van der Waals surface area contributed by atoms with Gasteiger partial charge in [-0.1, -0.05) is 48.5 Å². The van der Waals surface area contributed by atoms with Crippen molar-refractivity contribution < 1.29 is 18.0 Å². The van der Waals surface area contributed by atoms with Crippen molar-refractivity contribution in [3.63, 3.8) is 0 Å². The minimum absolute atomic E-state index is 0.106. The van der Waals surface area contributed by atoms with Crippen LogP contribution in [-0.2, 0) is 21.9 Å². The van der Waals surface area contributed by atoms with Gasteiger partial charge >= 0.3 is 0 Å². The molecule has 0 fully saturated rings. The number of nitrogens with one attached hydrogen (secondary N) is 3. The quantitative estimate of drug-likeness (QED) is 0.392. The normalized spacial score (nSPS) is 11.5. The predicted octanol–water partition coefficient (Wildman–Crippen LogP) is 2.46. The van der Waals surface area contributed by atoms with Crippen LogP contribution in [0.5, 0.6) is 0 Å². The number of aromatic nitrogens is 1. The second-order valence-corrected chi connectivity index (χ2v) is 9.10. The number of sulfonamides is 1. The number of carbonyl (C=O) groups is 2. The van der Waals surface area contributed by atoms with Crippen LogP contribution < -0.4 is 15.6 Å². The molecule has 1 heterocycles. The highest BCUT2D eigenvalue weighted by molar-refractivity contribution is 7.89. The standard InChI is InChI=1S/C23H22N4O4S/c1-27-15-20(19-8-4-5-9-21(19)27)23(29)26-25-22(28)12-13-24-32(30,31)18-11-10-16-6-2-3-7-17(16)14-18/h2-11,14-15,24H,12-13H2,1H3,(H,25,28)(H,26,29). The molecular formula is C23H22N4O4S. The van der Waals surface area contributed by atoms with E-state index in [4.69, 9.17) is 0 Å². The molecule has 0 aliphatic carbocycles. The monoisotopic (exact) mass is 450 g/mol. The lowest BCUT2D eigenvalue weighted by molar-refractivity contribution is -0.121. The van der Waals surface area contributed by atoms with Gasteiger partial charge in [0.2, 0.25) is 15.9 Å². The summed E-state index contributed by atoms with van der Waals surface area (Å²) in [5.41, 5.74) is 6.02. The molecule has 164 valence electrons. The van der Waals surface area contributed by atoms with Gasteiger partial charge in [0.05, 0.1) is 10.5 Å². The molecule has 0 unspecified atom stereocenters. The Hall–Kier alpha value is -3.69. The van der Waals surface area contributed by atoms with E-state index in [9.17, 15) is 18.0 Å². The molecule has 0 aliphatic rings. The fourth-order valence-electron chi connectivity index (χ4n) is 3.50. The number of rotatable bonds is 6. The van der Waals surface area contributed by atoms with E-state index in [1.807, 2.05) is 60.1 Å². The molecule has 32 heavy (non-hydrogen) atoms. The third kappa shape index (κ3) is 4.48. The van der Waals surface area contributed by atoms with Gasteiger partial charge in [0.15, 0.2) is 0 Å². The van der Waals surface area contributed by atoms with Crippen LogP contribution in [0.4, 0.5) is 0 Å². The topological polar surface area (TPSA) is 109 Å². The zero-order valence-electron chi connectivity index (χ0n) is 17.3. The number of benzene rings is 3. The van der Waals surface area contributed by atoms with Gasteiger partial charge in [-0.05, 0) is 29.0 Å². The largest absolute Gasteiger partial charge is 0.350 e. The second-order valence-electron chi connectivity index (χ2n) is 7.33. The maximum absolute atomic E-state index is 12.5. The Morgan fingerprint density at radius 1 is 0.906 bits per heavy atom. The van der Waals surface area contributed by atoms with E-state index in [-0.39, 0.29) is 17.9 Å². The predicted molar refractivity (Wildman–Crippen MR) is 122 cm³/mol. The molecule has 0 saturated carbocycles. The lowest BCUT2D eigenvalue weighted by atomic mass is 10.1. The highest BCUT2D eigenvalue weighted by atomic mass is 32.2. The van der Waals surface area contributed by atoms with Gasteiger partial charge in [-0.3, -0.25) is 20.4 Å². The van der Waals surface area contributed by atoms with Crippen molar-refractivity contribution in [3.8, 4) is 0 Å². The van der Waals surface area contributed by atoms with Crippen molar-refractivity contribution in [1.82, 2.24) is 20.1 Å². The van der Waals surface area contributed by atoms with Gasteiger partial charge in [-0.25, -0.2) is 13.1 Å². The average Bonchev–Trinajstić information content (AvgIpc) is 3.14. The lowest BCUT2D eigenvalue weighted by Crippen LogP contribution is -2.42. The SMILES string of the molecule is Cn1cc(C(=O)NNC(=O)CCNS(=O)(=O)c2ccc3ccccc3c2)c2ccccc21. The molecular weight excluding hydrogens is 428 g/mol. The lowest BCUT2D eigenvalue weighted by Gasteiger charge is -2.09. The molecule has 0 radical (unpaired) electrons. The Bertz CT molecular complexity index is 1430. The number of hydrogen-bond acceptors (Lipinski definition) is 4. The fourth-order valence-corrected chi connectivity index (χ4v) is 4.56. The maximum atomic E-state index is 12.5. The number of hydrazine groups is 1. The first kappa shape index (κ1) is 21.5. The number of hydrogen-bond donors (Lipinski definition) is 3. The van der Waals surface area contributed by atoms with Crippen molar-refractivity contribution in [3.05, 3.63) is 78.5 Å². The Morgan fingerprint density at radius 3 is 2.44 bits per heavy atom. The van der Waals surface area contributed by atoms with E-state index in [0.29, 0.717) is 5.56 Å². The molecule has 0 spiro atoms. The van der Waals surface area contributed by atoms with Crippen molar-refractivity contribution >= 4 is 43.5 Å². The molecule has 4 rings (SSSR count). The van der Waals surface area contributed by atoms with Crippen molar-refractivity contribution in [2.45, 2.75) is 11.3 Å². The molecule has 0 atom stereocenters. The molecule has 0 saturated heterocycles. The molecule has 0 bridgehead atoms. The summed E-state index contributed by atoms with van der Waals surface area (Å²) in [5.74, 6) is -0.966. The number of amides is 2. The fraction of sp³-hybridized carbons (Fsp3) is 0.130. The zero-order valence-corrected chi connectivity index (χ0v) is 18.1. The van der Waals surface area contributed by atoms with Crippen LogP contribution in [-0.4, -0.2) is 31.3 Å². The van der Waals surface area contributed by atoms with Crippen molar-refractivity contribution in [2.24, 2.45) is 7.05 Å². The number of carbonyl (C=O) groups excluding carboxylic acids is 2. The van der Waals surface area contributed by atoms with Gasteiger partial charge in [-0.15, -0.1) is 0 Å². The number of para-hydroxylation sites is 1. The summed E-state index contributed by atoms with van der Waals surface area (Å²) in [4.78, 5) is 24.7. The first-order valence-corrected chi connectivity index (χ1v) is 11.5. The summed E-state index contributed by atoms with van der Waals surface area (Å²) in [6.07, 6.45) is 1.55. The van der Waals surface area contributed by atoms with Crippen LogP contribution >= 0.6 is 0 Å². The Labute approximate surface area is 185 Å². The van der Waals surface area contributed by atoms with Crippen LogP contribution in [0, 0.1) is 0 Å². The maximum Gasteiger partial charge on any atom is 0.271 e. The van der Waals surface area contributed by atoms with Crippen LogP contribution in [0.2, 0.25) is 0 Å². The average molecular weight is 451 g/mol. The van der Waals surface area contributed by atoms with Crippen LogP contribution in [0.25, 0.3) is 21.7 Å². The van der Waals surface area contributed by atoms with Crippen LogP contribution in [0.1, 0.15) is 16.8 Å². The molecule has 3 N–H and O–H groups in total. The van der Waals surface area contributed by atoms with Gasteiger partial charge in [0.1, 0.15) is 0 Å². The van der Waals surface area contributed by atoms with Crippen molar-refractivity contribution in [2.75, 3.05) is 6.54 Å². The number of aryl methyl sites for hydroxylation is 1. The Kier molecular flexibility index (Phi) is 5.93. The smallest absolute Gasteiger partial charge is 0.271 e. The molecule has 9 heteroatoms. The van der Waals surface area contributed by atoms with E-state index in [1.165, 1.54) is 6.07 Å². The third-order valence-electron chi connectivity index (χ3n) is 5.13. The summed E-state index contributed by atoms with van der Waals surface area (Å²) < 4.78 is 29.3. The van der Waals surface area contributed by atoms with E-state index >= 15 is 0 Å². The zero-order chi connectivity index (χ0) is 22.7. The summed E-state index contributed by atoms with van der Waals surface area (Å²) in [6, 6.07) is 19.7. The van der Waals surface area contributed by atoms with E-state index in [2.05, 4.69) is 15.6 Å². The highest BCUT2D eigenvalue weighted by Gasteiger charge is 2.16. The number of nitrogens with zero attached hydrogens (tertiary/aromatic N) is 1. The van der Waals surface area contributed by atoms with E-state index < -0.39 is 21.8 Å². The third-order valence-corrected chi connectivity index (χ3v) is 6.59. The van der Waals surface area contributed by atoms with Crippen molar-refractivity contribution in [1.29, 1.82) is 0 Å². The van der Waals surface area contributed by atoms with Gasteiger partial charge < -0.3 is 4.57 Å². The molecule has 3 aromatic carbocycles. The molecule has 1 aromatic heterocycles. The van der Waals surface area contributed by atoms with E-state index in [1.54, 1.807) is 18.3 Å². The second kappa shape index (κ2) is 8.81. The van der Waals surface area contributed by atoms with E-state index in [0.717, 1.165) is 21.7 Å². The van der Waals surface area contributed by atoms with Crippen LogP contribution in [0.15, 0.2) is 77.8 Å².